The van der Waals surface area contributed by atoms with Crippen LogP contribution >= 0.6 is 11.6 Å². The fourth-order valence-electron chi connectivity index (χ4n) is 1.34. The highest BCUT2D eigenvalue weighted by Gasteiger charge is 2.11. The first-order chi connectivity index (χ1) is 6.20. The summed E-state index contributed by atoms with van der Waals surface area (Å²) in [4.78, 5) is 3.23. The molecule has 0 spiro atoms. The molecule has 0 bridgehead atoms. The Morgan fingerprint density at radius 2 is 2.00 bits per heavy atom. The standard InChI is InChI=1S/C9H10ClN3/c1-5(2)9-8(10)6-3-11-12-4-7(6)13-9/h3-5,13H,1-2H3. The van der Waals surface area contributed by atoms with Crippen molar-refractivity contribution in [2.75, 3.05) is 0 Å². The fraction of sp³-hybridized carbons (Fsp3) is 0.333. The van der Waals surface area contributed by atoms with Gasteiger partial charge in [0.2, 0.25) is 0 Å². The smallest absolute Gasteiger partial charge is 0.0738 e. The Hall–Kier alpha value is -1.09. The summed E-state index contributed by atoms with van der Waals surface area (Å²) in [5, 5.41) is 9.29. The van der Waals surface area contributed by atoms with Gasteiger partial charge < -0.3 is 4.98 Å². The molecule has 0 amide bonds. The molecule has 0 aliphatic rings. The topological polar surface area (TPSA) is 41.6 Å². The van der Waals surface area contributed by atoms with Crippen LogP contribution in [0.25, 0.3) is 10.9 Å². The summed E-state index contributed by atoms with van der Waals surface area (Å²) in [6.07, 6.45) is 3.37. The van der Waals surface area contributed by atoms with Crippen molar-refractivity contribution in [1.29, 1.82) is 0 Å². The van der Waals surface area contributed by atoms with Gasteiger partial charge in [-0.05, 0) is 5.92 Å². The minimum absolute atomic E-state index is 0.389. The molecule has 2 rings (SSSR count). The second-order valence-corrected chi connectivity index (χ2v) is 3.70. The number of fused-ring (bicyclic) bond motifs is 1. The third kappa shape index (κ3) is 1.29. The summed E-state index contributed by atoms with van der Waals surface area (Å²) in [6, 6.07) is 0. The van der Waals surface area contributed by atoms with Crippen LogP contribution in [-0.2, 0) is 0 Å². The number of hydrogen-bond donors (Lipinski definition) is 1. The highest BCUT2D eigenvalue weighted by atomic mass is 35.5. The Labute approximate surface area is 81.1 Å². The molecule has 0 saturated heterocycles. The van der Waals surface area contributed by atoms with Crippen LogP contribution in [0.3, 0.4) is 0 Å². The molecule has 0 aromatic carbocycles. The molecule has 3 nitrogen and oxygen atoms in total. The first kappa shape index (κ1) is 8.51. The summed E-state index contributed by atoms with van der Waals surface area (Å²) < 4.78 is 0. The van der Waals surface area contributed by atoms with E-state index in [-0.39, 0.29) is 0 Å². The number of H-pyrrole nitrogens is 1. The number of aromatic nitrogens is 3. The molecule has 1 N–H and O–H groups in total. The van der Waals surface area contributed by atoms with Crippen LogP contribution in [0.15, 0.2) is 12.4 Å². The van der Waals surface area contributed by atoms with E-state index in [1.807, 2.05) is 0 Å². The summed E-state index contributed by atoms with van der Waals surface area (Å²) in [5.41, 5.74) is 2.00. The molecule has 2 aromatic rings. The molecule has 0 saturated carbocycles. The quantitative estimate of drug-likeness (QED) is 0.760. The molecule has 68 valence electrons. The molecule has 0 atom stereocenters. The SMILES string of the molecule is CC(C)c1[nH]c2cnncc2c1Cl. The van der Waals surface area contributed by atoms with Gasteiger partial charge >= 0.3 is 0 Å². The monoisotopic (exact) mass is 195 g/mol. The molecule has 2 aromatic heterocycles. The van der Waals surface area contributed by atoms with Crippen molar-refractivity contribution in [2.45, 2.75) is 19.8 Å². The lowest BCUT2D eigenvalue weighted by Gasteiger charge is -2.00. The van der Waals surface area contributed by atoms with Crippen molar-refractivity contribution in [1.82, 2.24) is 15.2 Å². The maximum atomic E-state index is 6.15. The van der Waals surface area contributed by atoms with Gasteiger partial charge in [-0.3, -0.25) is 0 Å². The van der Waals surface area contributed by atoms with E-state index < -0.39 is 0 Å². The number of rotatable bonds is 1. The molecular weight excluding hydrogens is 186 g/mol. The highest BCUT2D eigenvalue weighted by molar-refractivity contribution is 6.36. The third-order valence-electron chi connectivity index (χ3n) is 2.05. The summed E-state index contributed by atoms with van der Waals surface area (Å²) in [5.74, 6) is 0.389. The van der Waals surface area contributed by atoms with E-state index in [1.54, 1.807) is 12.4 Å². The molecule has 0 radical (unpaired) electrons. The van der Waals surface area contributed by atoms with Crippen molar-refractivity contribution in [3.05, 3.63) is 23.1 Å². The van der Waals surface area contributed by atoms with Gasteiger partial charge in [0, 0.05) is 11.1 Å². The molecular formula is C9H10ClN3. The Balaban J connectivity index is 2.74. The molecule has 0 aliphatic carbocycles. The number of hydrogen-bond acceptors (Lipinski definition) is 2. The van der Waals surface area contributed by atoms with E-state index in [4.69, 9.17) is 11.6 Å². The molecule has 4 heteroatoms. The van der Waals surface area contributed by atoms with Gasteiger partial charge in [-0.25, -0.2) is 0 Å². The van der Waals surface area contributed by atoms with E-state index >= 15 is 0 Å². The summed E-state index contributed by atoms with van der Waals surface area (Å²) in [7, 11) is 0. The Bertz CT molecular complexity index is 433. The fourth-order valence-corrected chi connectivity index (χ4v) is 1.75. The van der Waals surface area contributed by atoms with Crippen molar-refractivity contribution < 1.29 is 0 Å². The zero-order valence-electron chi connectivity index (χ0n) is 7.50. The van der Waals surface area contributed by atoms with Crippen LogP contribution in [0.1, 0.15) is 25.5 Å². The van der Waals surface area contributed by atoms with Crippen LogP contribution in [-0.4, -0.2) is 15.2 Å². The molecule has 0 fully saturated rings. The zero-order chi connectivity index (χ0) is 9.42. The molecule has 13 heavy (non-hydrogen) atoms. The van der Waals surface area contributed by atoms with E-state index in [2.05, 4.69) is 29.0 Å². The first-order valence-corrected chi connectivity index (χ1v) is 4.55. The number of nitrogens with zero attached hydrogens (tertiary/aromatic N) is 2. The highest BCUT2D eigenvalue weighted by Crippen LogP contribution is 2.30. The van der Waals surface area contributed by atoms with E-state index in [0.29, 0.717) is 5.92 Å². The lowest BCUT2D eigenvalue weighted by atomic mass is 10.1. The van der Waals surface area contributed by atoms with Gasteiger partial charge in [-0.2, -0.15) is 10.2 Å². The molecule has 0 aliphatic heterocycles. The lowest BCUT2D eigenvalue weighted by Crippen LogP contribution is -1.86. The van der Waals surface area contributed by atoms with Gasteiger partial charge in [0.15, 0.2) is 0 Å². The van der Waals surface area contributed by atoms with Crippen LogP contribution < -0.4 is 0 Å². The average Bonchev–Trinajstić information content (AvgIpc) is 2.45. The summed E-state index contributed by atoms with van der Waals surface area (Å²) in [6.45, 7) is 4.19. The molecule has 0 unspecified atom stereocenters. The van der Waals surface area contributed by atoms with Gasteiger partial charge in [0.25, 0.3) is 0 Å². The van der Waals surface area contributed by atoms with E-state index in [1.165, 1.54) is 0 Å². The zero-order valence-corrected chi connectivity index (χ0v) is 8.26. The lowest BCUT2D eigenvalue weighted by molar-refractivity contribution is 0.836. The van der Waals surface area contributed by atoms with Gasteiger partial charge in [0.1, 0.15) is 0 Å². The number of aromatic amines is 1. The van der Waals surface area contributed by atoms with Gasteiger partial charge in [0.05, 0.1) is 22.9 Å². The Morgan fingerprint density at radius 1 is 1.31 bits per heavy atom. The maximum Gasteiger partial charge on any atom is 0.0738 e. The van der Waals surface area contributed by atoms with E-state index in [0.717, 1.165) is 21.6 Å². The van der Waals surface area contributed by atoms with E-state index in [9.17, 15) is 0 Å². The minimum Gasteiger partial charge on any atom is -0.356 e. The van der Waals surface area contributed by atoms with Crippen molar-refractivity contribution in [3.63, 3.8) is 0 Å². The Kier molecular flexibility index (Phi) is 1.96. The number of halogens is 1. The van der Waals surface area contributed by atoms with Crippen molar-refractivity contribution in [2.24, 2.45) is 0 Å². The van der Waals surface area contributed by atoms with Crippen molar-refractivity contribution >= 4 is 22.5 Å². The van der Waals surface area contributed by atoms with Crippen LogP contribution in [0, 0.1) is 0 Å². The summed E-state index contributed by atoms with van der Waals surface area (Å²) >= 11 is 6.15. The molecule has 2 heterocycles. The minimum atomic E-state index is 0.389. The van der Waals surface area contributed by atoms with Crippen molar-refractivity contribution in [3.8, 4) is 0 Å². The Morgan fingerprint density at radius 3 is 2.62 bits per heavy atom. The first-order valence-electron chi connectivity index (χ1n) is 4.18. The van der Waals surface area contributed by atoms with Gasteiger partial charge in [-0.15, -0.1) is 0 Å². The largest absolute Gasteiger partial charge is 0.356 e. The van der Waals surface area contributed by atoms with Gasteiger partial charge in [-0.1, -0.05) is 25.4 Å². The predicted molar refractivity (Wildman–Crippen MR) is 53.0 cm³/mol. The second-order valence-electron chi connectivity index (χ2n) is 3.32. The third-order valence-corrected chi connectivity index (χ3v) is 2.46. The predicted octanol–water partition coefficient (Wildman–Crippen LogP) is 2.73. The van der Waals surface area contributed by atoms with Crippen LogP contribution in [0.5, 0.6) is 0 Å². The average molecular weight is 196 g/mol. The maximum absolute atomic E-state index is 6.15. The van der Waals surface area contributed by atoms with Crippen LogP contribution in [0.2, 0.25) is 5.02 Å². The normalized spacial score (nSPS) is 11.4. The van der Waals surface area contributed by atoms with Crippen LogP contribution in [0.4, 0.5) is 0 Å². The number of nitrogens with one attached hydrogen (secondary N) is 1. The second kappa shape index (κ2) is 3.00.